The van der Waals surface area contributed by atoms with Gasteiger partial charge in [-0.1, -0.05) is 0 Å². The Morgan fingerprint density at radius 3 is 2.94 bits per heavy atom. The predicted molar refractivity (Wildman–Crippen MR) is 70.4 cm³/mol. The molecule has 1 aromatic rings. The summed E-state index contributed by atoms with van der Waals surface area (Å²) in [6.45, 7) is 7.43. The summed E-state index contributed by atoms with van der Waals surface area (Å²) in [5, 5.41) is 7.00. The van der Waals surface area contributed by atoms with E-state index in [1.54, 1.807) is 17.1 Å². The lowest BCUT2D eigenvalue weighted by molar-refractivity contribution is 0.0947. The minimum atomic E-state index is -0.0221. The van der Waals surface area contributed by atoms with Crippen molar-refractivity contribution in [1.82, 2.24) is 20.0 Å². The second-order valence-corrected chi connectivity index (χ2v) is 5.36. The number of nitrogens with one attached hydrogen (secondary N) is 1. The van der Waals surface area contributed by atoms with Crippen molar-refractivity contribution in [3.05, 3.63) is 18.0 Å². The number of likely N-dealkylation sites (tertiary alicyclic amines) is 1. The molecule has 0 aliphatic carbocycles. The van der Waals surface area contributed by atoms with E-state index in [-0.39, 0.29) is 5.91 Å². The Balaban J connectivity index is 1.77. The monoisotopic (exact) mass is 250 g/mol. The number of aryl methyl sites for hydroxylation is 1. The van der Waals surface area contributed by atoms with Gasteiger partial charge in [-0.15, -0.1) is 0 Å². The lowest BCUT2D eigenvalue weighted by Crippen LogP contribution is -2.32. The van der Waals surface area contributed by atoms with Gasteiger partial charge in [-0.3, -0.25) is 9.48 Å². The number of carbonyl (C=O) groups excluding carboxylic acids is 1. The van der Waals surface area contributed by atoms with Gasteiger partial charge in [0.15, 0.2) is 0 Å². The van der Waals surface area contributed by atoms with E-state index in [9.17, 15) is 4.79 Å². The van der Waals surface area contributed by atoms with Crippen molar-refractivity contribution < 1.29 is 4.79 Å². The molecule has 1 amide bonds. The number of nitrogens with zero attached hydrogens (tertiary/aromatic N) is 3. The van der Waals surface area contributed by atoms with Crippen LogP contribution in [0.5, 0.6) is 0 Å². The standard InChI is InChI=1S/C13H22N4O/c1-10(2)17-5-4-11(8-17)6-14-13(18)12-7-15-16(3)9-12/h7,9-11H,4-6,8H2,1-3H3,(H,14,18). The highest BCUT2D eigenvalue weighted by molar-refractivity contribution is 5.93. The summed E-state index contributed by atoms with van der Waals surface area (Å²) in [6, 6.07) is 0.601. The summed E-state index contributed by atoms with van der Waals surface area (Å²) in [7, 11) is 1.81. The highest BCUT2D eigenvalue weighted by Crippen LogP contribution is 2.17. The molecule has 1 saturated heterocycles. The fourth-order valence-electron chi connectivity index (χ4n) is 2.38. The molecule has 18 heavy (non-hydrogen) atoms. The second kappa shape index (κ2) is 5.52. The zero-order valence-electron chi connectivity index (χ0n) is 11.4. The third-order valence-corrected chi connectivity index (χ3v) is 3.57. The van der Waals surface area contributed by atoms with E-state index in [0.717, 1.165) is 19.6 Å². The van der Waals surface area contributed by atoms with E-state index in [1.165, 1.54) is 6.42 Å². The third-order valence-electron chi connectivity index (χ3n) is 3.57. The molecule has 1 aliphatic rings. The average Bonchev–Trinajstić information content (AvgIpc) is 2.94. The van der Waals surface area contributed by atoms with E-state index in [4.69, 9.17) is 0 Å². The minimum Gasteiger partial charge on any atom is -0.352 e. The SMILES string of the molecule is CC(C)N1CCC(CNC(=O)c2cnn(C)c2)C1. The molecule has 1 unspecified atom stereocenters. The van der Waals surface area contributed by atoms with E-state index in [0.29, 0.717) is 17.5 Å². The normalized spacial score (nSPS) is 20.6. The van der Waals surface area contributed by atoms with Crippen molar-refractivity contribution >= 4 is 5.91 Å². The quantitative estimate of drug-likeness (QED) is 0.863. The fourth-order valence-corrected chi connectivity index (χ4v) is 2.38. The molecule has 1 fully saturated rings. The Hall–Kier alpha value is -1.36. The molecule has 0 spiro atoms. The van der Waals surface area contributed by atoms with Crippen LogP contribution in [0, 0.1) is 5.92 Å². The van der Waals surface area contributed by atoms with Gasteiger partial charge < -0.3 is 10.2 Å². The smallest absolute Gasteiger partial charge is 0.254 e. The number of amides is 1. The van der Waals surface area contributed by atoms with Gasteiger partial charge in [0.1, 0.15) is 0 Å². The molecule has 100 valence electrons. The van der Waals surface area contributed by atoms with Gasteiger partial charge in [0.05, 0.1) is 11.8 Å². The maximum Gasteiger partial charge on any atom is 0.254 e. The maximum absolute atomic E-state index is 11.9. The number of hydrogen-bond donors (Lipinski definition) is 1. The van der Waals surface area contributed by atoms with Crippen molar-refractivity contribution in [3.63, 3.8) is 0 Å². The Bertz CT molecular complexity index is 413. The average molecular weight is 250 g/mol. The molecule has 1 aliphatic heterocycles. The first kappa shape index (κ1) is 13.1. The van der Waals surface area contributed by atoms with Gasteiger partial charge in [0, 0.05) is 32.4 Å². The molecule has 0 aromatic carbocycles. The van der Waals surface area contributed by atoms with Crippen molar-refractivity contribution in [1.29, 1.82) is 0 Å². The molecule has 1 atom stereocenters. The lowest BCUT2D eigenvalue weighted by Gasteiger charge is -2.20. The third kappa shape index (κ3) is 3.10. The zero-order valence-corrected chi connectivity index (χ0v) is 11.4. The Morgan fingerprint density at radius 2 is 2.39 bits per heavy atom. The van der Waals surface area contributed by atoms with E-state index >= 15 is 0 Å². The fraction of sp³-hybridized carbons (Fsp3) is 0.692. The van der Waals surface area contributed by atoms with Gasteiger partial charge in [-0.05, 0) is 32.7 Å². The van der Waals surface area contributed by atoms with Crippen LogP contribution in [-0.2, 0) is 7.05 Å². The summed E-state index contributed by atoms with van der Waals surface area (Å²) in [5.41, 5.74) is 0.635. The summed E-state index contributed by atoms with van der Waals surface area (Å²) in [5.74, 6) is 0.555. The van der Waals surface area contributed by atoms with Crippen LogP contribution in [0.2, 0.25) is 0 Å². The largest absolute Gasteiger partial charge is 0.352 e. The minimum absolute atomic E-state index is 0.0221. The second-order valence-electron chi connectivity index (χ2n) is 5.36. The molecule has 0 bridgehead atoms. The first-order chi connectivity index (χ1) is 8.56. The molecular formula is C13H22N4O. The summed E-state index contributed by atoms with van der Waals surface area (Å²) >= 11 is 0. The Morgan fingerprint density at radius 1 is 1.61 bits per heavy atom. The van der Waals surface area contributed by atoms with Crippen molar-refractivity contribution in [2.24, 2.45) is 13.0 Å². The van der Waals surface area contributed by atoms with Gasteiger partial charge >= 0.3 is 0 Å². The van der Waals surface area contributed by atoms with Crippen LogP contribution in [0.3, 0.4) is 0 Å². The van der Waals surface area contributed by atoms with Crippen LogP contribution < -0.4 is 5.32 Å². The van der Waals surface area contributed by atoms with Gasteiger partial charge in [-0.2, -0.15) is 5.10 Å². The molecule has 1 N–H and O–H groups in total. The van der Waals surface area contributed by atoms with Crippen molar-refractivity contribution in [3.8, 4) is 0 Å². The molecule has 5 heteroatoms. The molecule has 0 radical (unpaired) electrons. The lowest BCUT2D eigenvalue weighted by atomic mass is 10.1. The number of hydrogen-bond acceptors (Lipinski definition) is 3. The number of aromatic nitrogens is 2. The highest BCUT2D eigenvalue weighted by atomic mass is 16.1. The van der Waals surface area contributed by atoms with Crippen molar-refractivity contribution in [2.75, 3.05) is 19.6 Å². The number of carbonyl (C=O) groups is 1. The molecule has 2 heterocycles. The molecular weight excluding hydrogens is 228 g/mol. The summed E-state index contributed by atoms with van der Waals surface area (Å²) < 4.78 is 1.64. The Kier molecular flexibility index (Phi) is 4.01. The molecule has 1 aromatic heterocycles. The van der Waals surface area contributed by atoms with Gasteiger partial charge in [0.2, 0.25) is 0 Å². The summed E-state index contributed by atoms with van der Waals surface area (Å²) in [6.07, 6.45) is 4.51. The topological polar surface area (TPSA) is 50.2 Å². The van der Waals surface area contributed by atoms with E-state index < -0.39 is 0 Å². The van der Waals surface area contributed by atoms with Crippen LogP contribution >= 0.6 is 0 Å². The highest BCUT2D eigenvalue weighted by Gasteiger charge is 2.24. The van der Waals surface area contributed by atoms with Crippen LogP contribution in [-0.4, -0.2) is 46.3 Å². The number of rotatable bonds is 4. The zero-order chi connectivity index (χ0) is 13.1. The van der Waals surface area contributed by atoms with Crippen LogP contribution in [0.4, 0.5) is 0 Å². The van der Waals surface area contributed by atoms with E-state index in [1.807, 2.05) is 7.05 Å². The van der Waals surface area contributed by atoms with Crippen LogP contribution in [0.1, 0.15) is 30.6 Å². The van der Waals surface area contributed by atoms with E-state index in [2.05, 4.69) is 29.2 Å². The Labute approximate surface area is 108 Å². The molecule has 0 saturated carbocycles. The van der Waals surface area contributed by atoms with Crippen molar-refractivity contribution in [2.45, 2.75) is 26.3 Å². The van der Waals surface area contributed by atoms with Crippen LogP contribution in [0.25, 0.3) is 0 Å². The first-order valence-electron chi connectivity index (χ1n) is 6.57. The molecule has 2 rings (SSSR count). The molecule has 5 nitrogen and oxygen atoms in total. The summed E-state index contributed by atoms with van der Waals surface area (Å²) in [4.78, 5) is 14.3. The predicted octanol–water partition coefficient (Wildman–Crippen LogP) is 0.880. The van der Waals surface area contributed by atoms with Gasteiger partial charge in [0.25, 0.3) is 5.91 Å². The maximum atomic E-state index is 11.9. The first-order valence-corrected chi connectivity index (χ1v) is 6.57. The van der Waals surface area contributed by atoms with Gasteiger partial charge in [-0.25, -0.2) is 0 Å². The van der Waals surface area contributed by atoms with Crippen LogP contribution in [0.15, 0.2) is 12.4 Å².